The topological polar surface area (TPSA) is 35.5 Å². The Hall–Kier alpha value is -0.410. The summed E-state index contributed by atoms with van der Waals surface area (Å²) in [7, 11) is 1.64. The SMILES string of the molecule is CCCCCC(=O)C1(OC)CCOCC1. The van der Waals surface area contributed by atoms with Gasteiger partial charge in [-0.1, -0.05) is 19.8 Å². The third-order valence-corrected chi connectivity index (χ3v) is 3.21. The minimum atomic E-state index is -0.536. The van der Waals surface area contributed by atoms with E-state index in [2.05, 4.69) is 6.92 Å². The quantitative estimate of drug-likeness (QED) is 0.637. The average Bonchev–Trinajstić information content (AvgIpc) is 2.30. The maximum atomic E-state index is 12.0. The highest BCUT2D eigenvalue weighted by atomic mass is 16.5. The van der Waals surface area contributed by atoms with Gasteiger partial charge in [-0.3, -0.25) is 4.79 Å². The van der Waals surface area contributed by atoms with E-state index in [0.717, 1.165) is 19.3 Å². The number of ether oxygens (including phenoxy) is 2. The Morgan fingerprint density at radius 1 is 1.33 bits per heavy atom. The van der Waals surface area contributed by atoms with E-state index in [1.807, 2.05) is 0 Å². The molecule has 1 rings (SSSR count). The molecule has 15 heavy (non-hydrogen) atoms. The zero-order valence-corrected chi connectivity index (χ0v) is 9.88. The summed E-state index contributed by atoms with van der Waals surface area (Å²) in [6.07, 6.45) is 5.35. The molecule has 0 spiro atoms. The zero-order chi connectivity index (χ0) is 11.1. The summed E-state index contributed by atoms with van der Waals surface area (Å²) < 4.78 is 10.7. The van der Waals surface area contributed by atoms with E-state index in [9.17, 15) is 4.79 Å². The summed E-state index contributed by atoms with van der Waals surface area (Å²) in [5.41, 5.74) is -0.536. The Bertz CT molecular complexity index is 195. The number of rotatable bonds is 6. The van der Waals surface area contributed by atoms with Crippen molar-refractivity contribution in [2.45, 2.75) is 51.0 Å². The van der Waals surface area contributed by atoms with Crippen LogP contribution >= 0.6 is 0 Å². The molecule has 1 saturated heterocycles. The zero-order valence-electron chi connectivity index (χ0n) is 9.88. The lowest BCUT2D eigenvalue weighted by atomic mass is 9.87. The number of unbranched alkanes of at least 4 members (excludes halogenated alkanes) is 2. The number of hydrogen-bond donors (Lipinski definition) is 0. The largest absolute Gasteiger partial charge is 0.381 e. The summed E-state index contributed by atoms with van der Waals surface area (Å²) in [4.78, 5) is 12.0. The first-order chi connectivity index (χ1) is 7.25. The lowest BCUT2D eigenvalue weighted by molar-refractivity contribution is -0.152. The van der Waals surface area contributed by atoms with E-state index in [-0.39, 0.29) is 5.78 Å². The van der Waals surface area contributed by atoms with Crippen molar-refractivity contribution in [1.82, 2.24) is 0 Å². The molecule has 0 aromatic rings. The van der Waals surface area contributed by atoms with Crippen molar-refractivity contribution < 1.29 is 14.3 Å². The minimum absolute atomic E-state index is 0.266. The molecule has 0 amide bonds. The molecule has 0 radical (unpaired) electrons. The second-order valence-corrected chi connectivity index (χ2v) is 4.19. The molecular weight excluding hydrogens is 192 g/mol. The van der Waals surface area contributed by atoms with Crippen LogP contribution in [0, 0.1) is 0 Å². The fourth-order valence-electron chi connectivity index (χ4n) is 2.06. The molecule has 0 aliphatic carbocycles. The van der Waals surface area contributed by atoms with Gasteiger partial charge in [-0.2, -0.15) is 0 Å². The lowest BCUT2D eigenvalue weighted by Crippen LogP contribution is -2.45. The molecule has 3 nitrogen and oxygen atoms in total. The van der Waals surface area contributed by atoms with Crippen molar-refractivity contribution in [3.8, 4) is 0 Å². The highest BCUT2D eigenvalue weighted by Gasteiger charge is 2.38. The van der Waals surface area contributed by atoms with Crippen LogP contribution in [0.15, 0.2) is 0 Å². The monoisotopic (exact) mass is 214 g/mol. The Morgan fingerprint density at radius 2 is 2.00 bits per heavy atom. The van der Waals surface area contributed by atoms with Crippen LogP contribution in [0.1, 0.15) is 45.4 Å². The van der Waals surface area contributed by atoms with E-state index >= 15 is 0 Å². The van der Waals surface area contributed by atoms with Crippen LogP contribution in [0.25, 0.3) is 0 Å². The van der Waals surface area contributed by atoms with E-state index in [1.165, 1.54) is 0 Å². The molecule has 1 fully saturated rings. The Labute approximate surface area is 92.1 Å². The molecule has 0 atom stereocenters. The van der Waals surface area contributed by atoms with Crippen LogP contribution < -0.4 is 0 Å². The summed E-state index contributed by atoms with van der Waals surface area (Å²) in [6, 6.07) is 0. The number of methoxy groups -OCH3 is 1. The fraction of sp³-hybridized carbons (Fsp3) is 0.917. The van der Waals surface area contributed by atoms with Crippen molar-refractivity contribution >= 4 is 5.78 Å². The van der Waals surface area contributed by atoms with Crippen LogP contribution in [-0.4, -0.2) is 31.7 Å². The van der Waals surface area contributed by atoms with Crippen molar-refractivity contribution in [1.29, 1.82) is 0 Å². The molecular formula is C12H22O3. The number of carbonyl (C=O) groups is 1. The van der Waals surface area contributed by atoms with Crippen molar-refractivity contribution in [3.05, 3.63) is 0 Å². The Balaban J connectivity index is 2.45. The van der Waals surface area contributed by atoms with Gasteiger partial charge in [0.1, 0.15) is 5.60 Å². The van der Waals surface area contributed by atoms with Gasteiger partial charge in [-0.15, -0.1) is 0 Å². The highest BCUT2D eigenvalue weighted by Crippen LogP contribution is 2.27. The van der Waals surface area contributed by atoms with Crippen molar-refractivity contribution in [2.24, 2.45) is 0 Å². The molecule has 3 heteroatoms. The lowest BCUT2D eigenvalue weighted by Gasteiger charge is -2.34. The van der Waals surface area contributed by atoms with Gasteiger partial charge in [-0.25, -0.2) is 0 Å². The molecule has 0 aromatic heterocycles. The third-order valence-electron chi connectivity index (χ3n) is 3.21. The van der Waals surface area contributed by atoms with Gasteiger partial charge < -0.3 is 9.47 Å². The first-order valence-corrected chi connectivity index (χ1v) is 5.91. The predicted molar refractivity (Wildman–Crippen MR) is 58.9 cm³/mol. The summed E-state index contributed by atoms with van der Waals surface area (Å²) in [5, 5.41) is 0. The number of ketones is 1. The molecule has 0 saturated carbocycles. The molecule has 0 aromatic carbocycles. The minimum Gasteiger partial charge on any atom is -0.381 e. The van der Waals surface area contributed by atoms with E-state index in [0.29, 0.717) is 32.5 Å². The molecule has 0 unspecified atom stereocenters. The average molecular weight is 214 g/mol. The van der Waals surface area contributed by atoms with E-state index < -0.39 is 5.60 Å². The van der Waals surface area contributed by atoms with Gasteiger partial charge >= 0.3 is 0 Å². The van der Waals surface area contributed by atoms with Crippen LogP contribution in [0.5, 0.6) is 0 Å². The molecule has 0 N–H and O–H groups in total. The van der Waals surface area contributed by atoms with Crippen LogP contribution in [0.3, 0.4) is 0 Å². The normalized spacial score (nSPS) is 20.1. The summed E-state index contributed by atoms with van der Waals surface area (Å²) in [6.45, 7) is 3.44. The van der Waals surface area contributed by atoms with Crippen LogP contribution in [-0.2, 0) is 14.3 Å². The van der Waals surface area contributed by atoms with Gasteiger partial charge in [0.15, 0.2) is 5.78 Å². The smallest absolute Gasteiger partial charge is 0.164 e. The van der Waals surface area contributed by atoms with Gasteiger partial charge in [0.25, 0.3) is 0 Å². The number of Topliss-reactive ketones (excluding diaryl/α,β-unsaturated/α-hetero) is 1. The Morgan fingerprint density at radius 3 is 2.53 bits per heavy atom. The van der Waals surface area contributed by atoms with E-state index in [4.69, 9.17) is 9.47 Å². The number of hydrogen-bond acceptors (Lipinski definition) is 3. The molecule has 88 valence electrons. The fourth-order valence-corrected chi connectivity index (χ4v) is 2.06. The molecule has 1 aliphatic rings. The second kappa shape index (κ2) is 6.23. The van der Waals surface area contributed by atoms with Crippen LogP contribution in [0.4, 0.5) is 0 Å². The highest BCUT2D eigenvalue weighted by molar-refractivity contribution is 5.87. The van der Waals surface area contributed by atoms with Crippen LogP contribution in [0.2, 0.25) is 0 Å². The van der Waals surface area contributed by atoms with Gasteiger partial charge in [0, 0.05) is 39.6 Å². The van der Waals surface area contributed by atoms with Gasteiger partial charge in [0.05, 0.1) is 0 Å². The first-order valence-electron chi connectivity index (χ1n) is 5.91. The van der Waals surface area contributed by atoms with Crippen molar-refractivity contribution in [2.75, 3.05) is 20.3 Å². The van der Waals surface area contributed by atoms with Gasteiger partial charge in [-0.05, 0) is 6.42 Å². The summed E-state index contributed by atoms with van der Waals surface area (Å²) in [5.74, 6) is 0.266. The van der Waals surface area contributed by atoms with Crippen molar-refractivity contribution in [3.63, 3.8) is 0 Å². The Kier molecular flexibility index (Phi) is 5.26. The molecule has 1 heterocycles. The third kappa shape index (κ3) is 3.28. The predicted octanol–water partition coefficient (Wildman–Crippen LogP) is 2.33. The van der Waals surface area contributed by atoms with E-state index in [1.54, 1.807) is 7.11 Å². The summed E-state index contributed by atoms with van der Waals surface area (Å²) >= 11 is 0. The number of carbonyl (C=O) groups excluding carboxylic acids is 1. The maximum Gasteiger partial charge on any atom is 0.164 e. The first kappa shape index (κ1) is 12.7. The maximum absolute atomic E-state index is 12.0. The molecule has 0 bridgehead atoms. The standard InChI is InChI=1S/C12H22O3/c1-3-4-5-6-11(13)12(14-2)7-9-15-10-8-12/h3-10H2,1-2H3. The van der Waals surface area contributed by atoms with Gasteiger partial charge in [0.2, 0.25) is 0 Å². The molecule has 1 aliphatic heterocycles. The second-order valence-electron chi connectivity index (χ2n) is 4.19.